The van der Waals surface area contributed by atoms with Gasteiger partial charge in [-0.05, 0) is 72.8 Å². The molecule has 0 spiro atoms. The van der Waals surface area contributed by atoms with Gasteiger partial charge in [0.15, 0.2) is 6.61 Å². The summed E-state index contributed by atoms with van der Waals surface area (Å²) in [5.41, 5.74) is 4.38. The molecule has 0 saturated heterocycles. The minimum atomic E-state index is -2.95. The number of aromatic amines is 1. The Kier molecular flexibility index (Phi) is 9.84. The number of ether oxygens (including phenoxy) is 2. The summed E-state index contributed by atoms with van der Waals surface area (Å²) < 4.78 is 40.2. The van der Waals surface area contributed by atoms with Gasteiger partial charge in [-0.15, -0.1) is 0 Å². The summed E-state index contributed by atoms with van der Waals surface area (Å²) in [7, 11) is 0. The highest BCUT2D eigenvalue weighted by Crippen LogP contribution is 2.27. The Labute approximate surface area is 250 Å². The van der Waals surface area contributed by atoms with E-state index in [0.717, 1.165) is 41.5 Å². The minimum absolute atomic E-state index is 0.168. The normalized spacial score (nSPS) is 12.3. The Balaban J connectivity index is 1.11. The minimum Gasteiger partial charge on any atom is -0.487 e. The Hall–Kier alpha value is -4.49. The van der Waals surface area contributed by atoms with E-state index in [0.29, 0.717) is 29.2 Å². The van der Waals surface area contributed by atoms with Crippen LogP contribution in [0.25, 0.3) is 10.9 Å². The van der Waals surface area contributed by atoms with E-state index in [9.17, 15) is 13.6 Å². The fourth-order valence-corrected chi connectivity index (χ4v) is 5.09. The number of benzene rings is 4. The molecule has 222 valence electrons. The molecule has 0 amide bonds. The zero-order chi connectivity index (χ0) is 30.1. The highest BCUT2D eigenvalue weighted by atomic mass is 19.3. The van der Waals surface area contributed by atoms with Crippen LogP contribution in [0.3, 0.4) is 0 Å². The summed E-state index contributed by atoms with van der Waals surface area (Å²) in [6.45, 7) is 2.61. The SMILES string of the molecule is C[C@@H](Cc1ccc(OCC(F)(F)Cc2ccccc2)cc1)NCCc1ccc(OCc2ccccc2)c2[nH]c(=O)ccc12. The van der Waals surface area contributed by atoms with Gasteiger partial charge in [-0.1, -0.05) is 78.9 Å². The van der Waals surface area contributed by atoms with Crippen molar-refractivity contribution in [3.63, 3.8) is 0 Å². The summed E-state index contributed by atoms with van der Waals surface area (Å²) >= 11 is 0. The Bertz CT molecular complexity index is 1660. The van der Waals surface area contributed by atoms with Crippen LogP contribution in [0.1, 0.15) is 29.2 Å². The quantitative estimate of drug-likeness (QED) is 0.146. The monoisotopic (exact) mass is 582 g/mol. The smallest absolute Gasteiger partial charge is 0.285 e. The second-order valence-corrected chi connectivity index (χ2v) is 10.9. The van der Waals surface area contributed by atoms with E-state index in [1.807, 2.05) is 60.7 Å². The van der Waals surface area contributed by atoms with Crippen molar-refractivity contribution in [3.05, 3.63) is 142 Å². The molecule has 0 saturated carbocycles. The van der Waals surface area contributed by atoms with Gasteiger partial charge < -0.3 is 19.8 Å². The van der Waals surface area contributed by atoms with Crippen molar-refractivity contribution in [2.24, 2.45) is 0 Å². The van der Waals surface area contributed by atoms with Crippen LogP contribution < -0.4 is 20.3 Å². The lowest BCUT2D eigenvalue weighted by atomic mass is 10.0. The molecule has 0 bridgehead atoms. The number of hydrogen-bond acceptors (Lipinski definition) is 4. The number of alkyl halides is 2. The van der Waals surface area contributed by atoms with Crippen molar-refractivity contribution < 1.29 is 18.3 Å². The van der Waals surface area contributed by atoms with Crippen molar-refractivity contribution in [1.82, 2.24) is 10.3 Å². The number of H-pyrrole nitrogens is 1. The molecule has 0 aliphatic carbocycles. The number of nitrogens with one attached hydrogen (secondary N) is 2. The molecule has 2 N–H and O–H groups in total. The fraction of sp³-hybridized carbons (Fsp3) is 0.250. The van der Waals surface area contributed by atoms with E-state index >= 15 is 0 Å². The summed E-state index contributed by atoms with van der Waals surface area (Å²) in [6.07, 6.45) is 1.20. The third kappa shape index (κ3) is 8.75. The van der Waals surface area contributed by atoms with Gasteiger partial charge in [0, 0.05) is 23.9 Å². The maximum atomic E-state index is 14.4. The van der Waals surface area contributed by atoms with Crippen molar-refractivity contribution in [2.75, 3.05) is 13.2 Å². The number of hydrogen-bond donors (Lipinski definition) is 2. The van der Waals surface area contributed by atoms with E-state index < -0.39 is 12.5 Å². The average molecular weight is 583 g/mol. The van der Waals surface area contributed by atoms with Crippen LogP contribution in [0.5, 0.6) is 11.5 Å². The van der Waals surface area contributed by atoms with Crippen LogP contribution in [-0.2, 0) is 25.9 Å². The molecule has 0 radical (unpaired) electrons. The topological polar surface area (TPSA) is 63.4 Å². The largest absolute Gasteiger partial charge is 0.487 e. The van der Waals surface area contributed by atoms with Gasteiger partial charge in [0.1, 0.15) is 18.1 Å². The van der Waals surface area contributed by atoms with Crippen LogP contribution in [0.4, 0.5) is 8.78 Å². The Morgan fingerprint density at radius 2 is 1.49 bits per heavy atom. The lowest BCUT2D eigenvalue weighted by molar-refractivity contribution is -0.0400. The average Bonchev–Trinajstić information content (AvgIpc) is 3.01. The number of pyridine rings is 1. The highest BCUT2D eigenvalue weighted by Gasteiger charge is 2.30. The first-order valence-corrected chi connectivity index (χ1v) is 14.5. The van der Waals surface area contributed by atoms with Crippen molar-refractivity contribution >= 4 is 10.9 Å². The van der Waals surface area contributed by atoms with Crippen molar-refractivity contribution in [2.45, 2.75) is 44.8 Å². The van der Waals surface area contributed by atoms with Crippen LogP contribution in [0, 0.1) is 0 Å². The number of fused-ring (bicyclic) bond motifs is 1. The summed E-state index contributed by atoms with van der Waals surface area (Å²) in [6, 6.07) is 33.5. The standard InChI is InChI=1S/C36H36F2N2O3/c1-26(22-27-12-15-31(16-13-27)43-25-36(37,38)23-28-8-4-2-5-9-28)39-21-20-30-14-18-33(35-32(30)17-19-34(41)40-35)42-24-29-10-6-3-7-11-29/h2-19,26,39H,20-25H2,1H3,(H,40,41)/t26-/m0/s1. The maximum Gasteiger partial charge on any atom is 0.285 e. The first-order chi connectivity index (χ1) is 20.8. The maximum absolute atomic E-state index is 14.4. The number of aromatic nitrogens is 1. The molecular formula is C36H36F2N2O3. The third-order valence-electron chi connectivity index (χ3n) is 7.29. The molecule has 1 heterocycles. The Morgan fingerprint density at radius 1 is 0.791 bits per heavy atom. The van der Waals surface area contributed by atoms with Gasteiger partial charge >= 0.3 is 0 Å². The molecule has 5 rings (SSSR count). The van der Waals surface area contributed by atoms with Gasteiger partial charge in [0.2, 0.25) is 5.56 Å². The van der Waals surface area contributed by atoms with Crippen LogP contribution in [0.2, 0.25) is 0 Å². The molecule has 1 atom stereocenters. The first-order valence-electron chi connectivity index (χ1n) is 14.5. The third-order valence-corrected chi connectivity index (χ3v) is 7.29. The zero-order valence-electron chi connectivity index (χ0n) is 24.2. The van der Waals surface area contributed by atoms with Gasteiger partial charge in [0.25, 0.3) is 5.92 Å². The molecule has 5 nitrogen and oxygen atoms in total. The number of rotatable bonds is 14. The molecule has 0 fully saturated rings. The molecule has 4 aromatic carbocycles. The lowest BCUT2D eigenvalue weighted by Gasteiger charge is -2.18. The van der Waals surface area contributed by atoms with Crippen LogP contribution >= 0.6 is 0 Å². The van der Waals surface area contributed by atoms with Crippen molar-refractivity contribution in [3.8, 4) is 11.5 Å². The molecule has 7 heteroatoms. The Morgan fingerprint density at radius 3 is 2.21 bits per heavy atom. The summed E-state index contributed by atoms with van der Waals surface area (Å²) in [5.74, 6) is -1.87. The van der Waals surface area contributed by atoms with Gasteiger partial charge in [0.05, 0.1) is 5.52 Å². The predicted molar refractivity (Wildman–Crippen MR) is 167 cm³/mol. The van der Waals surface area contributed by atoms with E-state index in [1.54, 1.807) is 42.5 Å². The molecule has 0 unspecified atom stereocenters. The van der Waals surface area contributed by atoms with Crippen LogP contribution in [0.15, 0.2) is 114 Å². The predicted octanol–water partition coefficient (Wildman–Crippen LogP) is 7.13. The second kappa shape index (κ2) is 14.1. The van der Waals surface area contributed by atoms with Crippen LogP contribution in [-0.4, -0.2) is 30.1 Å². The molecule has 43 heavy (non-hydrogen) atoms. The second-order valence-electron chi connectivity index (χ2n) is 10.9. The van der Waals surface area contributed by atoms with E-state index in [2.05, 4.69) is 23.3 Å². The first kappa shape index (κ1) is 30.0. The summed E-state index contributed by atoms with van der Waals surface area (Å²) in [4.78, 5) is 15.0. The van der Waals surface area contributed by atoms with Crippen molar-refractivity contribution in [1.29, 1.82) is 0 Å². The van der Waals surface area contributed by atoms with E-state index in [1.165, 1.54) is 0 Å². The van der Waals surface area contributed by atoms with Gasteiger partial charge in [-0.2, -0.15) is 0 Å². The molecule has 0 aliphatic rings. The zero-order valence-corrected chi connectivity index (χ0v) is 24.2. The van der Waals surface area contributed by atoms with E-state index in [-0.39, 0.29) is 18.0 Å². The molecule has 1 aromatic heterocycles. The summed E-state index contributed by atoms with van der Waals surface area (Å²) in [5, 5.41) is 4.53. The molecule has 0 aliphatic heterocycles. The lowest BCUT2D eigenvalue weighted by Crippen LogP contribution is -2.30. The van der Waals surface area contributed by atoms with Gasteiger partial charge in [-0.3, -0.25) is 4.79 Å². The van der Waals surface area contributed by atoms with E-state index in [4.69, 9.17) is 9.47 Å². The van der Waals surface area contributed by atoms with Gasteiger partial charge in [-0.25, -0.2) is 8.78 Å². The number of halogens is 2. The molecular weight excluding hydrogens is 546 g/mol. The fourth-order valence-electron chi connectivity index (χ4n) is 5.09. The highest BCUT2D eigenvalue weighted by molar-refractivity contribution is 5.87. The molecule has 5 aromatic rings.